The maximum Gasteiger partial charge on any atom is 0.189 e. The second kappa shape index (κ2) is 6.88. The van der Waals surface area contributed by atoms with E-state index in [0.717, 1.165) is 11.3 Å². The first kappa shape index (κ1) is 14.3. The first-order chi connectivity index (χ1) is 7.75. The Morgan fingerprint density at radius 2 is 2.24 bits per heavy atom. The number of furan rings is 1. The van der Waals surface area contributed by atoms with E-state index in [-0.39, 0.29) is 24.0 Å². The van der Waals surface area contributed by atoms with E-state index in [9.17, 15) is 0 Å². The molecular weight excluding hydrogens is 329 g/mol. The van der Waals surface area contributed by atoms with Gasteiger partial charge in [0.05, 0.1) is 6.26 Å². The zero-order valence-corrected chi connectivity index (χ0v) is 12.4. The minimum Gasteiger partial charge on any atom is -0.467 e. The van der Waals surface area contributed by atoms with E-state index >= 15 is 0 Å². The van der Waals surface area contributed by atoms with Crippen LogP contribution in [0.3, 0.4) is 0 Å². The number of nitrogens with zero attached hydrogens (tertiary/aromatic N) is 1. The van der Waals surface area contributed by atoms with Crippen LogP contribution in [0.2, 0.25) is 0 Å². The molecule has 1 aliphatic rings. The van der Waals surface area contributed by atoms with E-state index in [4.69, 9.17) is 10.2 Å². The Kier molecular flexibility index (Phi) is 5.80. The Morgan fingerprint density at radius 3 is 2.82 bits per heavy atom. The average Bonchev–Trinajstić information content (AvgIpc) is 2.87. The van der Waals surface area contributed by atoms with Gasteiger partial charge in [-0.1, -0.05) is 12.8 Å². The highest BCUT2D eigenvalue weighted by Crippen LogP contribution is 2.17. The van der Waals surface area contributed by atoms with Gasteiger partial charge in [-0.3, -0.25) is 0 Å². The van der Waals surface area contributed by atoms with Crippen molar-refractivity contribution in [3.63, 3.8) is 0 Å². The lowest BCUT2D eigenvalue weighted by Crippen LogP contribution is -2.38. The molecule has 0 amide bonds. The van der Waals surface area contributed by atoms with Crippen LogP contribution in [-0.2, 0) is 6.54 Å². The van der Waals surface area contributed by atoms with Crippen LogP contribution in [-0.4, -0.2) is 12.0 Å². The summed E-state index contributed by atoms with van der Waals surface area (Å²) in [5.41, 5.74) is 6.94. The molecular formula is C12H20IN3O. The number of halogens is 1. The van der Waals surface area contributed by atoms with Crippen molar-refractivity contribution in [1.29, 1.82) is 0 Å². The predicted octanol–water partition coefficient (Wildman–Crippen LogP) is 2.55. The lowest BCUT2D eigenvalue weighted by atomic mass is 10.2. The third-order valence-corrected chi connectivity index (χ3v) is 3.07. The smallest absolute Gasteiger partial charge is 0.189 e. The fourth-order valence-electron chi connectivity index (χ4n) is 2.05. The van der Waals surface area contributed by atoms with Gasteiger partial charge in [-0.25, -0.2) is 4.99 Å². The topological polar surface area (TPSA) is 63.5 Å². The minimum atomic E-state index is 0. The van der Waals surface area contributed by atoms with Gasteiger partial charge in [0.1, 0.15) is 12.3 Å². The molecule has 0 unspecified atom stereocenters. The lowest BCUT2D eigenvalue weighted by Gasteiger charge is -2.11. The van der Waals surface area contributed by atoms with Crippen molar-refractivity contribution in [3.8, 4) is 0 Å². The molecule has 1 aromatic rings. The summed E-state index contributed by atoms with van der Waals surface area (Å²) < 4.78 is 5.29. The van der Waals surface area contributed by atoms with E-state index in [1.807, 2.05) is 13.0 Å². The number of guanidine groups is 1. The summed E-state index contributed by atoms with van der Waals surface area (Å²) >= 11 is 0. The van der Waals surface area contributed by atoms with Crippen LogP contribution >= 0.6 is 24.0 Å². The summed E-state index contributed by atoms with van der Waals surface area (Å²) in [7, 11) is 0. The zero-order chi connectivity index (χ0) is 11.4. The van der Waals surface area contributed by atoms with Crippen molar-refractivity contribution < 1.29 is 4.42 Å². The van der Waals surface area contributed by atoms with Crippen molar-refractivity contribution >= 4 is 29.9 Å². The van der Waals surface area contributed by atoms with Gasteiger partial charge in [0.2, 0.25) is 0 Å². The van der Waals surface area contributed by atoms with Crippen LogP contribution in [0.5, 0.6) is 0 Å². The van der Waals surface area contributed by atoms with Crippen molar-refractivity contribution in [3.05, 3.63) is 23.7 Å². The van der Waals surface area contributed by atoms with Gasteiger partial charge in [0.15, 0.2) is 5.96 Å². The quantitative estimate of drug-likeness (QED) is 0.501. The molecule has 3 N–H and O–H groups in total. The molecule has 5 heteroatoms. The second-order valence-corrected chi connectivity index (χ2v) is 4.35. The number of nitrogens with two attached hydrogens (primary N) is 1. The maximum absolute atomic E-state index is 5.82. The molecule has 4 nitrogen and oxygen atoms in total. The van der Waals surface area contributed by atoms with Gasteiger partial charge in [-0.05, 0) is 31.4 Å². The first-order valence-electron chi connectivity index (χ1n) is 5.85. The van der Waals surface area contributed by atoms with Gasteiger partial charge in [0, 0.05) is 6.04 Å². The van der Waals surface area contributed by atoms with Gasteiger partial charge >= 0.3 is 0 Å². The predicted molar refractivity (Wildman–Crippen MR) is 79.6 cm³/mol. The van der Waals surface area contributed by atoms with Crippen LogP contribution in [0.15, 0.2) is 21.7 Å². The van der Waals surface area contributed by atoms with Crippen LogP contribution in [0.25, 0.3) is 0 Å². The average molecular weight is 349 g/mol. The molecule has 2 rings (SSSR count). The molecule has 1 heterocycles. The normalized spacial score (nSPS) is 16.9. The largest absolute Gasteiger partial charge is 0.467 e. The van der Waals surface area contributed by atoms with Crippen LogP contribution in [0, 0.1) is 6.92 Å². The van der Waals surface area contributed by atoms with Gasteiger partial charge in [-0.2, -0.15) is 0 Å². The lowest BCUT2D eigenvalue weighted by molar-refractivity contribution is 0.509. The highest BCUT2D eigenvalue weighted by molar-refractivity contribution is 14.0. The minimum absolute atomic E-state index is 0. The third-order valence-electron chi connectivity index (χ3n) is 3.07. The van der Waals surface area contributed by atoms with Crippen LogP contribution in [0.4, 0.5) is 0 Å². The molecule has 1 saturated carbocycles. The highest BCUT2D eigenvalue weighted by atomic mass is 127. The molecule has 0 spiro atoms. The van der Waals surface area contributed by atoms with E-state index < -0.39 is 0 Å². The fraction of sp³-hybridized carbons (Fsp3) is 0.583. The Hall–Kier alpha value is -0.720. The first-order valence-corrected chi connectivity index (χ1v) is 5.85. The molecule has 0 saturated heterocycles. The van der Waals surface area contributed by atoms with Crippen molar-refractivity contribution in [2.24, 2.45) is 10.7 Å². The molecule has 0 aromatic carbocycles. The number of hydrogen-bond donors (Lipinski definition) is 2. The fourth-order valence-corrected chi connectivity index (χ4v) is 2.05. The summed E-state index contributed by atoms with van der Waals surface area (Å²) in [5, 5.41) is 3.25. The molecule has 1 fully saturated rings. The number of rotatable bonds is 3. The number of aliphatic imine (C=N–C) groups is 1. The second-order valence-electron chi connectivity index (χ2n) is 4.35. The van der Waals surface area contributed by atoms with E-state index in [1.54, 1.807) is 6.26 Å². The third kappa shape index (κ3) is 4.22. The monoisotopic (exact) mass is 349 g/mol. The molecule has 0 radical (unpaired) electrons. The highest BCUT2D eigenvalue weighted by Gasteiger charge is 2.14. The Balaban J connectivity index is 0.00000144. The summed E-state index contributed by atoms with van der Waals surface area (Å²) in [6.45, 7) is 2.53. The SMILES string of the molecule is Cc1ccoc1CN=C(N)NC1CCCC1.I. The van der Waals surface area contributed by atoms with Crippen molar-refractivity contribution in [1.82, 2.24) is 5.32 Å². The maximum atomic E-state index is 5.82. The van der Waals surface area contributed by atoms with Crippen LogP contribution < -0.4 is 11.1 Å². The molecule has 17 heavy (non-hydrogen) atoms. The number of aryl methyl sites for hydroxylation is 1. The van der Waals surface area contributed by atoms with Gasteiger partial charge in [0.25, 0.3) is 0 Å². The van der Waals surface area contributed by atoms with E-state index in [0.29, 0.717) is 18.5 Å². The molecule has 0 atom stereocenters. The summed E-state index contributed by atoms with van der Waals surface area (Å²) in [4.78, 5) is 4.28. The van der Waals surface area contributed by atoms with Crippen molar-refractivity contribution in [2.75, 3.05) is 0 Å². The molecule has 1 aromatic heterocycles. The van der Waals surface area contributed by atoms with Gasteiger partial charge in [-0.15, -0.1) is 24.0 Å². The Bertz CT molecular complexity index is 370. The summed E-state index contributed by atoms with van der Waals surface area (Å²) in [5.74, 6) is 1.42. The molecule has 0 bridgehead atoms. The van der Waals surface area contributed by atoms with Crippen molar-refractivity contribution in [2.45, 2.75) is 45.2 Å². The number of nitrogens with one attached hydrogen (secondary N) is 1. The summed E-state index contributed by atoms with van der Waals surface area (Å²) in [6.07, 6.45) is 6.68. The Labute approximate surface area is 119 Å². The molecule has 0 aliphatic heterocycles. The van der Waals surface area contributed by atoms with Gasteiger partial charge < -0.3 is 15.5 Å². The number of hydrogen-bond acceptors (Lipinski definition) is 2. The Morgan fingerprint density at radius 1 is 1.53 bits per heavy atom. The molecule has 96 valence electrons. The molecule has 1 aliphatic carbocycles. The van der Waals surface area contributed by atoms with E-state index in [1.165, 1.54) is 25.7 Å². The van der Waals surface area contributed by atoms with E-state index in [2.05, 4.69) is 10.3 Å². The summed E-state index contributed by atoms with van der Waals surface area (Å²) in [6, 6.07) is 2.45. The standard InChI is InChI=1S/C12H19N3O.HI/c1-9-6-7-16-11(9)8-14-12(13)15-10-4-2-3-5-10;/h6-7,10H,2-5,8H2,1H3,(H3,13,14,15);1H. The van der Waals surface area contributed by atoms with Crippen LogP contribution in [0.1, 0.15) is 37.0 Å². The zero-order valence-electron chi connectivity index (χ0n) is 10.1.